The number of benzene rings is 1. The van der Waals surface area contributed by atoms with E-state index in [2.05, 4.69) is 26.6 Å². The van der Waals surface area contributed by atoms with Crippen molar-refractivity contribution >= 4 is 56.8 Å². The summed E-state index contributed by atoms with van der Waals surface area (Å²) in [5.41, 5.74) is 1.49. The summed E-state index contributed by atoms with van der Waals surface area (Å²) in [7, 11) is 0. The highest BCUT2D eigenvalue weighted by atomic mass is 79.9. The zero-order valence-electron chi connectivity index (χ0n) is 13.0. The molecule has 1 aromatic carbocycles. The Hall–Kier alpha value is -2.45. The summed E-state index contributed by atoms with van der Waals surface area (Å²) < 4.78 is 5.54. The minimum atomic E-state index is -0.626. The Kier molecular flexibility index (Phi) is 7.36. The number of nitrogens with one attached hydrogen (secondary N) is 2. The number of amides is 2. The van der Waals surface area contributed by atoms with Crippen LogP contribution in [0.5, 0.6) is 0 Å². The predicted octanol–water partition coefficient (Wildman–Crippen LogP) is 2.82. The van der Waals surface area contributed by atoms with Crippen molar-refractivity contribution in [3.8, 4) is 0 Å². The topological polar surface area (TPSA) is 84.5 Å². The van der Waals surface area contributed by atoms with Gasteiger partial charge in [-0.15, -0.1) is 0 Å². The van der Waals surface area contributed by atoms with Crippen molar-refractivity contribution in [3.05, 3.63) is 57.2 Å². The van der Waals surface area contributed by atoms with Crippen molar-refractivity contribution in [2.45, 2.75) is 0 Å². The lowest BCUT2D eigenvalue weighted by molar-refractivity contribution is -0.143. The van der Waals surface area contributed by atoms with Gasteiger partial charge >= 0.3 is 5.97 Å². The number of carbonyl (C=O) groups excluding carboxylic acids is 3. The van der Waals surface area contributed by atoms with E-state index >= 15 is 0 Å². The molecule has 0 unspecified atom stereocenters. The molecule has 6 nitrogen and oxygen atoms in total. The minimum Gasteiger partial charge on any atom is -0.452 e. The second-order valence-electron chi connectivity index (χ2n) is 4.80. The van der Waals surface area contributed by atoms with Gasteiger partial charge in [-0.25, -0.2) is 4.79 Å². The van der Waals surface area contributed by atoms with E-state index in [1.165, 1.54) is 17.4 Å². The molecule has 0 aliphatic rings. The van der Waals surface area contributed by atoms with Gasteiger partial charge in [0.05, 0.1) is 12.2 Å². The van der Waals surface area contributed by atoms with Crippen LogP contribution in [0.25, 0.3) is 6.08 Å². The van der Waals surface area contributed by atoms with Gasteiger partial charge in [0.15, 0.2) is 6.61 Å². The van der Waals surface area contributed by atoms with Gasteiger partial charge in [-0.1, -0.05) is 12.1 Å². The molecule has 130 valence electrons. The monoisotopic (exact) mass is 422 g/mol. The first-order valence-corrected chi connectivity index (χ1v) is 8.96. The third kappa shape index (κ3) is 6.90. The number of anilines is 1. The Balaban J connectivity index is 1.67. The molecule has 25 heavy (non-hydrogen) atoms. The summed E-state index contributed by atoms with van der Waals surface area (Å²) in [6.07, 6.45) is 2.84. The summed E-state index contributed by atoms with van der Waals surface area (Å²) >= 11 is 4.82. The van der Waals surface area contributed by atoms with Crippen LogP contribution in [-0.4, -0.2) is 30.9 Å². The maximum absolute atomic E-state index is 11.8. The molecule has 0 bridgehead atoms. The average Bonchev–Trinajstić information content (AvgIpc) is 3.12. The molecule has 0 fully saturated rings. The Labute approximate surface area is 157 Å². The van der Waals surface area contributed by atoms with Crippen molar-refractivity contribution in [2.75, 3.05) is 18.5 Å². The summed E-state index contributed by atoms with van der Waals surface area (Å²) in [5, 5.41) is 8.79. The van der Waals surface area contributed by atoms with Crippen LogP contribution in [0.2, 0.25) is 0 Å². The van der Waals surface area contributed by atoms with E-state index in [-0.39, 0.29) is 12.5 Å². The minimum absolute atomic E-state index is 0.220. The SMILES string of the molecule is O=C(COC(=O)/C=C/c1ccsc1)NCC(=O)Nc1ccccc1Br. The standard InChI is InChI=1S/C17H15BrN2O4S/c18-13-3-1-2-4-14(13)20-15(21)9-19-16(22)10-24-17(23)6-5-12-7-8-25-11-12/h1-8,11H,9-10H2,(H,19,22)(H,20,21)/b6-5+. The fourth-order valence-corrected chi connectivity index (χ4v) is 2.72. The third-order valence-corrected chi connectivity index (χ3v) is 4.29. The first-order valence-electron chi connectivity index (χ1n) is 7.22. The van der Waals surface area contributed by atoms with Crippen LogP contribution in [0.4, 0.5) is 5.69 Å². The molecule has 2 aromatic rings. The van der Waals surface area contributed by atoms with Crippen LogP contribution >= 0.6 is 27.3 Å². The molecule has 8 heteroatoms. The molecule has 0 saturated heterocycles. The number of para-hydroxylation sites is 1. The van der Waals surface area contributed by atoms with Gasteiger partial charge in [0.1, 0.15) is 0 Å². The number of carbonyl (C=O) groups is 3. The zero-order valence-corrected chi connectivity index (χ0v) is 15.4. The van der Waals surface area contributed by atoms with E-state index < -0.39 is 18.5 Å². The third-order valence-electron chi connectivity index (χ3n) is 2.89. The van der Waals surface area contributed by atoms with Crippen LogP contribution in [0.3, 0.4) is 0 Å². The van der Waals surface area contributed by atoms with Gasteiger partial charge in [-0.3, -0.25) is 9.59 Å². The molecule has 1 heterocycles. The second kappa shape index (κ2) is 9.75. The molecule has 0 atom stereocenters. The number of halogens is 1. The largest absolute Gasteiger partial charge is 0.452 e. The quantitative estimate of drug-likeness (QED) is 0.530. The highest BCUT2D eigenvalue weighted by molar-refractivity contribution is 9.10. The van der Waals surface area contributed by atoms with Crippen LogP contribution in [0, 0.1) is 0 Å². The molecule has 0 aliphatic carbocycles. The summed E-state index contributed by atoms with van der Waals surface area (Å²) in [6, 6.07) is 8.97. The number of rotatable bonds is 7. The molecule has 0 radical (unpaired) electrons. The van der Waals surface area contributed by atoms with Gasteiger partial charge in [0.25, 0.3) is 5.91 Å². The van der Waals surface area contributed by atoms with E-state index in [1.807, 2.05) is 22.9 Å². The number of hydrogen-bond acceptors (Lipinski definition) is 5. The molecular formula is C17H15BrN2O4S. The Morgan fingerprint density at radius 3 is 2.68 bits per heavy atom. The van der Waals surface area contributed by atoms with Crippen LogP contribution in [0.1, 0.15) is 5.56 Å². The van der Waals surface area contributed by atoms with Crippen molar-refractivity contribution < 1.29 is 19.1 Å². The molecule has 2 rings (SSSR count). The fourth-order valence-electron chi connectivity index (χ4n) is 1.71. The van der Waals surface area contributed by atoms with Crippen LogP contribution < -0.4 is 10.6 Å². The van der Waals surface area contributed by atoms with Crippen LogP contribution in [-0.2, 0) is 19.1 Å². The van der Waals surface area contributed by atoms with Crippen LogP contribution in [0.15, 0.2) is 51.6 Å². The Morgan fingerprint density at radius 2 is 1.96 bits per heavy atom. The van der Waals surface area contributed by atoms with E-state index in [1.54, 1.807) is 24.3 Å². The van der Waals surface area contributed by atoms with Crippen molar-refractivity contribution in [2.24, 2.45) is 0 Å². The molecule has 1 aromatic heterocycles. The molecule has 0 saturated carbocycles. The Morgan fingerprint density at radius 1 is 1.16 bits per heavy atom. The van der Waals surface area contributed by atoms with Gasteiger partial charge in [-0.2, -0.15) is 11.3 Å². The fraction of sp³-hybridized carbons (Fsp3) is 0.118. The molecular weight excluding hydrogens is 408 g/mol. The van der Waals surface area contributed by atoms with E-state index in [0.717, 1.165) is 10.0 Å². The highest BCUT2D eigenvalue weighted by Crippen LogP contribution is 2.20. The van der Waals surface area contributed by atoms with Gasteiger partial charge in [0.2, 0.25) is 5.91 Å². The molecule has 2 N–H and O–H groups in total. The smallest absolute Gasteiger partial charge is 0.331 e. The van der Waals surface area contributed by atoms with Gasteiger partial charge in [-0.05, 0) is 56.5 Å². The summed E-state index contributed by atoms with van der Waals surface area (Å²) in [6.45, 7) is -0.669. The molecule has 0 spiro atoms. The lowest BCUT2D eigenvalue weighted by Gasteiger charge is -2.08. The molecule has 2 amide bonds. The van der Waals surface area contributed by atoms with Crippen molar-refractivity contribution in [1.82, 2.24) is 5.32 Å². The highest BCUT2D eigenvalue weighted by Gasteiger charge is 2.09. The normalized spacial score (nSPS) is 10.4. The lowest BCUT2D eigenvalue weighted by atomic mass is 10.3. The van der Waals surface area contributed by atoms with E-state index in [0.29, 0.717) is 5.69 Å². The maximum atomic E-state index is 11.8. The number of thiophene rings is 1. The van der Waals surface area contributed by atoms with Gasteiger partial charge in [0, 0.05) is 10.5 Å². The number of ether oxygens (including phenoxy) is 1. The van der Waals surface area contributed by atoms with Gasteiger partial charge < -0.3 is 15.4 Å². The second-order valence-corrected chi connectivity index (χ2v) is 6.44. The summed E-state index contributed by atoms with van der Waals surface area (Å²) in [4.78, 5) is 34.9. The van der Waals surface area contributed by atoms with E-state index in [9.17, 15) is 14.4 Å². The van der Waals surface area contributed by atoms with E-state index in [4.69, 9.17) is 4.74 Å². The lowest BCUT2D eigenvalue weighted by Crippen LogP contribution is -2.35. The number of hydrogen-bond donors (Lipinski definition) is 2. The Bertz CT molecular complexity index is 775. The zero-order chi connectivity index (χ0) is 18.1. The molecule has 0 aliphatic heterocycles. The summed E-state index contributed by atoms with van der Waals surface area (Å²) in [5.74, 6) is -1.57. The maximum Gasteiger partial charge on any atom is 0.331 e. The number of esters is 1. The average molecular weight is 423 g/mol. The predicted molar refractivity (Wildman–Crippen MR) is 100 cm³/mol. The van der Waals surface area contributed by atoms with Crippen molar-refractivity contribution in [3.63, 3.8) is 0 Å². The van der Waals surface area contributed by atoms with Crippen molar-refractivity contribution in [1.29, 1.82) is 0 Å². The first kappa shape index (κ1) is 18.9. The first-order chi connectivity index (χ1) is 12.0.